The van der Waals surface area contributed by atoms with Gasteiger partial charge in [0.15, 0.2) is 0 Å². The lowest BCUT2D eigenvalue weighted by Crippen LogP contribution is -2.45. The van der Waals surface area contributed by atoms with Gasteiger partial charge < -0.3 is 10.6 Å². The fourth-order valence-corrected chi connectivity index (χ4v) is 2.25. The zero-order valence-corrected chi connectivity index (χ0v) is 11.3. The van der Waals surface area contributed by atoms with Crippen LogP contribution in [0.5, 0.6) is 0 Å². The first-order chi connectivity index (χ1) is 9.22. The molecule has 2 rings (SSSR count). The first kappa shape index (κ1) is 13.8. The molecular weight excluding hydrogens is 236 g/mol. The van der Waals surface area contributed by atoms with Crippen molar-refractivity contribution in [1.29, 1.82) is 0 Å². The van der Waals surface area contributed by atoms with Crippen LogP contribution in [0.1, 0.15) is 24.8 Å². The topological polar surface area (TPSA) is 46.3 Å². The smallest absolute Gasteiger partial charge is 0.240 e. The number of carbonyl (C=O) groups is 1. The van der Waals surface area contributed by atoms with Crippen molar-refractivity contribution in [2.24, 2.45) is 5.73 Å². The average molecular weight is 258 g/mol. The average Bonchev–Trinajstić information content (AvgIpc) is 3.27. The number of nitrogens with zero attached hydrogens (tertiary/aromatic N) is 1. The van der Waals surface area contributed by atoms with Gasteiger partial charge in [-0.05, 0) is 31.2 Å². The lowest BCUT2D eigenvalue weighted by atomic mass is 10.0. The maximum atomic E-state index is 12.3. The van der Waals surface area contributed by atoms with Gasteiger partial charge in [-0.2, -0.15) is 0 Å². The van der Waals surface area contributed by atoms with Crippen LogP contribution in [-0.2, 0) is 11.2 Å². The first-order valence-electron chi connectivity index (χ1n) is 6.93. The van der Waals surface area contributed by atoms with Crippen molar-refractivity contribution in [3.63, 3.8) is 0 Å². The quantitative estimate of drug-likeness (QED) is 0.761. The van der Waals surface area contributed by atoms with Gasteiger partial charge in [-0.25, -0.2) is 0 Å². The summed E-state index contributed by atoms with van der Waals surface area (Å²) in [6, 6.07) is 10.1. The molecule has 3 heteroatoms. The highest BCUT2D eigenvalue weighted by Gasteiger charge is 2.33. The van der Waals surface area contributed by atoms with E-state index in [1.165, 1.54) is 5.56 Å². The van der Waals surface area contributed by atoms with Gasteiger partial charge in [0.1, 0.15) is 0 Å². The van der Waals surface area contributed by atoms with E-state index in [0.717, 1.165) is 19.3 Å². The molecule has 1 atom stereocenters. The van der Waals surface area contributed by atoms with Crippen LogP contribution < -0.4 is 5.73 Å². The summed E-state index contributed by atoms with van der Waals surface area (Å²) in [5.41, 5.74) is 7.27. The summed E-state index contributed by atoms with van der Waals surface area (Å²) in [6.45, 7) is 4.32. The largest absolute Gasteiger partial charge is 0.335 e. The van der Waals surface area contributed by atoms with E-state index >= 15 is 0 Å². The molecule has 2 N–H and O–H groups in total. The van der Waals surface area contributed by atoms with Crippen LogP contribution in [0.4, 0.5) is 0 Å². The maximum absolute atomic E-state index is 12.3. The zero-order valence-electron chi connectivity index (χ0n) is 11.3. The highest BCUT2D eigenvalue weighted by molar-refractivity contribution is 5.82. The molecule has 0 radical (unpaired) electrons. The van der Waals surface area contributed by atoms with E-state index in [9.17, 15) is 4.79 Å². The van der Waals surface area contributed by atoms with Crippen molar-refractivity contribution >= 4 is 5.91 Å². The number of rotatable bonds is 7. The van der Waals surface area contributed by atoms with Crippen molar-refractivity contribution in [2.75, 3.05) is 6.54 Å². The molecule has 1 aliphatic rings. The molecule has 102 valence electrons. The molecule has 1 aromatic carbocycles. The minimum atomic E-state index is -0.402. The van der Waals surface area contributed by atoms with E-state index < -0.39 is 6.04 Å². The van der Waals surface area contributed by atoms with Gasteiger partial charge in [-0.1, -0.05) is 36.4 Å². The Kier molecular flexibility index (Phi) is 4.74. The van der Waals surface area contributed by atoms with Gasteiger partial charge in [0, 0.05) is 12.6 Å². The standard InChI is InChI=1S/C16H22N2O/c1-2-12-18(14-9-10-14)16(19)15(17)11-8-13-6-4-3-5-7-13/h2-7,14-15H,1,8-12,17H2/t15-/m0/s1. The van der Waals surface area contributed by atoms with Crippen LogP contribution in [0, 0.1) is 0 Å². The molecule has 1 saturated carbocycles. The minimum absolute atomic E-state index is 0.0679. The molecule has 0 aliphatic heterocycles. The number of carbonyl (C=O) groups excluding carboxylic acids is 1. The van der Waals surface area contributed by atoms with Crippen LogP contribution in [0.25, 0.3) is 0 Å². The van der Waals surface area contributed by atoms with Crippen LogP contribution >= 0.6 is 0 Å². The fourth-order valence-electron chi connectivity index (χ4n) is 2.25. The second-order valence-electron chi connectivity index (χ2n) is 5.14. The lowest BCUT2D eigenvalue weighted by Gasteiger charge is -2.24. The van der Waals surface area contributed by atoms with Crippen molar-refractivity contribution in [3.05, 3.63) is 48.6 Å². The Labute approximate surface area is 115 Å². The summed E-state index contributed by atoms with van der Waals surface area (Å²) in [4.78, 5) is 14.2. The van der Waals surface area contributed by atoms with Gasteiger partial charge in [-0.3, -0.25) is 4.79 Å². The summed E-state index contributed by atoms with van der Waals surface area (Å²) < 4.78 is 0. The third kappa shape index (κ3) is 3.93. The Bertz CT molecular complexity index is 426. The predicted molar refractivity (Wildman–Crippen MR) is 77.7 cm³/mol. The van der Waals surface area contributed by atoms with Crippen molar-refractivity contribution in [2.45, 2.75) is 37.8 Å². The van der Waals surface area contributed by atoms with Crippen LogP contribution in [0.2, 0.25) is 0 Å². The lowest BCUT2D eigenvalue weighted by molar-refractivity contribution is -0.132. The van der Waals surface area contributed by atoms with E-state index in [4.69, 9.17) is 5.73 Å². The molecule has 0 spiro atoms. The monoisotopic (exact) mass is 258 g/mol. The van der Waals surface area contributed by atoms with Crippen molar-refractivity contribution in [1.82, 2.24) is 4.90 Å². The molecular formula is C16H22N2O. The number of amides is 1. The normalized spacial score (nSPS) is 15.8. The Morgan fingerprint density at radius 2 is 2.11 bits per heavy atom. The Hall–Kier alpha value is -1.61. The molecule has 3 nitrogen and oxygen atoms in total. The highest BCUT2D eigenvalue weighted by atomic mass is 16.2. The molecule has 0 bridgehead atoms. The SMILES string of the molecule is C=CCN(C(=O)[C@@H](N)CCc1ccccc1)C1CC1. The van der Waals surface area contributed by atoms with Crippen LogP contribution in [-0.4, -0.2) is 29.4 Å². The van der Waals surface area contributed by atoms with E-state index in [0.29, 0.717) is 19.0 Å². The highest BCUT2D eigenvalue weighted by Crippen LogP contribution is 2.27. The third-order valence-electron chi connectivity index (χ3n) is 3.50. The van der Waals surface area contributed by atoms with E-state index in [-0.39, 0.29) is 5.91 Å². The Morgan fingerprint density at radius 1 is 1.42 bits per heavy atom. The molecule has 19 heavy (non-hydrogen) atoms. The molecule has 0 unspecified atom stereocenters. The first-order valence-corrected chi connectivity index (χ1v) is 6.93. The van der Waals surface area contributed by atoms with Crippen molar-refractivity contribution < 1.29 is 4.79 Å². The maximum Gasteiger partial charge on any atom is 0.240 e. The third-order valence-corrected chi connectivity index (χ3v) is 3.50. The number of hydrogen-bond donors (Lipinski definition) is 1. The summed E-state index contributed by atoms with van der Waals surface area (Å²) in [7, 11) is 0. The molecule has 0 heterocycles. The summed E-state index contributed by atoms with van der Waals surface area (Å²) in [5.74, 6) is 0.0679. The fraction of sp³-hybridized carbons (Fsp3) is 0.438. The van der Waals surface area contributed by atoms with Gasteiger partial charge in [0.05, 0.1) is 6.04 Å². The van der Waals surface area contributed by atoms with E-state index in [1.807, 2.05) is 23.1 Å². The van der Waals surface area contributed by atoms with Crippen molar-refractivity contribution in [3.8, 4) is 0 Å². The van der Waals surface area contributed by atoms with Gasteiger partial charge in [0.25, 0.3) is 0 Å². The minimum Gasteiger partial charge on any atom is -0.335 e. The molecule has 0 aromatic heterocycles. The second-order valence-corrected chi connectivity index (χ2v) is 5.14. The summed E-state index contributed by atoms with van der Waals surface area (Å²) >= 11 is 0. The zero-order chi connectivity index (χ0) is 13.7. The van der Waals surface area contributed by atoms with Gasteiger partial charge in [-0.15, -0.1) is 6.58 Å². The predicted octanol–water partition coefficient (Wildman–Crippen LogP) is 2.12. The Morgan fingerprint density at radius 3 is 2.68 bits per heavy atom. The van der Waals surface area contributed by atoms with Crippen LogP contribution in [0.3, 0.4) is 0 Å². The number of benzene rings is 1. The second kappa shape index (κ2) is 6.53. The number of hydrogen-bond acceptors (Lipinski definition) is 2. The number of aryl methyl sites for hydroxylation is 1. The van der Waals surface area contributed by atoms with E-state index in [2.05, 4.69) is 18.7 Å². The molecule has 1 aromatic rings. The van der Waals surface area contributed by atoms with Crippen LogP contribution in [0.15, 0.2) is 43.0 Å². The summed E-state index contributed by atoms with van der Waals surface area (Å²) in [6.07, 6.45) is 5.53. The molecule has 1 aliphatic carbocycles. The van der Waals surface area contributed by atoms with Gasteiger partial charge >= 0.3 is 0 Å². The number of nitrogens with two attached hydrogens (primary N) is 1. The molecule has 1 amide bonds. The van der Waals surface area contributed by atoms with Gasteiger partial charge in [0.2, 0.25) is 5.91 Å². The Balaban J connectivity index is 1.86. The van der Waals surface area contributed by atoms with E-state index in [1.54, 1.807) is 6.08 Å². The molecule has 0 saturated heterocycles. The molecule has 1 fully saturated rings. The summed E-state index contributed by atoms with van der Waals surface area (Å²) in [5, 5.41) is 0.